The van der Waals surface area contributed by atoms with Crippen molar-refractivity contribution in [2.45, 2.75) is 12.5 Å². The Morgan fingerprint density at radius 3 is 2.76 bits per heavy atom. The largest absolute Gasteiger partial charge is 0.466 e. The Labute approximate surface area is 119 Å². The first-order valence-corrected chi connectivity index (χ1v) is 6.15. The molecule has 0 fully saturated rings. The average Bonchev–Trinajstić information content (AvgIpc) is 2.95. The van der Waals surface area contributed by atoms with Crippen LogP contribution in [0.5, 0.6) is 0 Å². The van der Waals surface area contributed by atoms with Gasteiger partial charge in [0.2, 0.25) is 0 Å². The van der Waals surface area contributed by atoms with Crippen LogP contribution in [0.1, 0.15) is 12.7 Å². The molecule has 7 heteroatoms. The molecule has 3 N–H and O–H groups in total. The van der Waals surface area contributed by atoms with E-state index in [0.29, 0.717) is 6.07 Å². The molecule has 1 atom stereocenters. The van der Waals surface area contributed by atoms with Gasteiger partial charge >= 0.3 is 6.03 Å². The number of anilines is 1. The Kier molecular flexibility index (Phi) is 4.23. The SMILES string of the molecule is CC(O)(CNC(=O)Nc1ccc(F)cc1F)c1ccco1. The van der Waals surface area contributed by atoms with E-state index in [4.69, 9.17) is 4.42 Å². The molecule has 2 rings (SSSR count). The highest BCUT2D eigenvalue weighted by atomic mass is 19.1. The lowest BCUT2D eigenvalue weighted by atomic mass is 10.0. The van der Waals surface area contributed by atoms with E-state index in [1.807, 2.05) is 0 Å². The molecule has 1 unspecified atom stereocenters. The highest BCUT2D eigenvalue weighted by molar-refractivity contribution is 5.89. The zero-order valence-corrected chi connectivity index (χ0v) is 11.2. The van der Waals surface area contributed by atoms with E-state index < -0.39 is 23.3 Å². The van der Waals surface area contributed by atoms with Gasteiger partial charge in [-0.1, -0.05) is 0 Å². The van der Waals surface area contributed by atoms with Crippen LogP contribution in [0.25, 0.3) is 0 Å². The third kappa shape index (κ3) is 3.79. The summed E-state index contributed by atoms with van der Waals surface area (Å²) in [5.74, 6) is -1.34. The summed E-state index contributed by atoms with van der Waals surface area (Å²) in [4.78, 5) is 11.6. The topological polar surface area (TPSA) is 74.5 Å². The molecule has 0 radical (unpaired) electrons. The van der Waals surface area contributed by atoms with Crippen LogP contribution >= 0.6 is 0 Å². The first-order chi connectivity index (χ1) is 9.88. The minimum Gasteiger partial charge on any atom is -0.466 e. The third-order valence-corrected chi connectivity index (χ3v) is 2.82. The maximum absolute atomic E-state index is 13.4. The molecule has 5 nitrogen and oxygen atoms in total. The molecule has 112 valence electrons. The lowest BCUT2D eigenvalue weighted by Crippen LogP contribution is -2.40. The number of furan rings is 1. The molecule has 1 aromatic carbocycles. The predicted molar refractivity (Wildman–Crippen MR) is 71.7 cm³/mol. The lowest BCUT2D eigenvalue weighted by molar-refractivity contribution is 0.0372. The summed E-state index contributed by atoms with van der Waals surface area (Å²) in [6, 6.07) is 5.24. The van der Waals surface area contributed by atoms with Crippen LogP contribution in [0.2, 0.25) is 0 Å². The maximum Gasteiger partial charge on any atom is 0.319 e. The number of rotatable bonds is 4. The fraction of sp³-hybridized carbons (Fsp3) is 0.214. The van der Waals surface area contributed by atoms with E-state index in [9.17, 15) is 18.7 Å². The number of hydrogen-bond acceptors (Lipinski definition) is 3. The summed E-state index contributed by atoms with van der Waals surface area (Å²) in [6.07, 6.45) is 1.40. The minimum atomic E-state index is -1.40. The van der Waals surface area contributed by atoms with Crippen LogP contribution in [0.3, 0.4) is 0 Å². The normalized spacial score (nSPS) is 13.5. The molecule has 0 aliphatic rings. The second-order valence-electron chi connectivity index (χ2n) is 4.68. The van der Waals surface area contributed by atoms with Crippen molar-refractivity contribution in [2.24, 2.45) is 0 Å². The van der Waals surface area contributed by atoms with Crippen LogP contribution < -0.4 is 10.6 Å². The van der Waals surface area contributed by atoms with Crippen LogP contribution in [-0.2, 0) is 5.60 Å². The summed E-state index contributed by atoms with van der Waals surface area (Å²) >= 11 is 0. The van der Waals surface area contributed by atoms with Crippen molar-refractivity contribution < 1.29 is 23.1 Å². The molecular weight excluding hydrogens is 282 g/mol. The molecule has 0 aliphatic carbocycles. The van der Waals surface area contributed by atoms with Crippen LogP contribution in [0.4, 0.5) is 19.3 Å². The van der Waals surface area contributed by atoms with Crippen molar-refractivity contribution in [1.29, 1.82) is 0 Å². The number of amides is 2. The number of nitrogens with one attached hydrogen (secondary N) is 2. The number of urea groups is 1. The maximum atomic E-state index is 13.4. The van der Waals surface area contributed by atoms with E-state index in [1.165, 1.54) is 13.2 Å². The van der Waals surface area contributed by atoms with Gasteiger partial charge < -0.3 is 20.2 Å². The highest BCUT2D eigenvalue weighted by Gasteiger charge is 2.26. The summed E-state index contributed by atoms with van der Waals surface area (Å²) in [5, 5.41) is 14.7. The average molecular weight is 296 g/mol. The zero-order chi connectivity index (χ0) is 15.5. The summed E-state index contributed by atoms with van der Waals surface area (Å²) < 4.78 is 31.2. The van der Waals surface area contributed by atoms with Gasteiger partial charge in [0.25, 0.3) is 0 Å². The molecule has 0 spiro atoms. The Bertz CT molecular complexity index is 627. The van der Waals surface area contributed by atoms with Crippen molar-refractivity contribution >= 4 is 11.7 Å². The van der Waals surface area contributed by atoms with Gasteiger partial charge in [0, 0.05) is 6.07 Å². The second kappa shape index (κ2) is 5.92. The quantitative estimate of drug-likeness (QED) is 0.812. The Morgan fingerprint density at radius 1 is 1.38 bits per heavy atom. The molecular formula is C14H14F2N2O3. The van der Waals surface area contributed by atoms with Crippen LogP contribution in [0.15, 0.2) is 41.0 Å². The van der Waals surface area contributed by atoms with Crippen molar-refractivity contribution in [2.75, 3.05) is 11.9 Å². The van der Waals surface area contributed by atoms with Gasteiger partial charge in [-0.25, -0.2) is 13.6 Å². The zero-order valence-electron chi connectivity index (χ0n) is 11.2. The van der Waals surface area contributed by atoms with Crippen LogP contribution in [0, 0.1) is 11.6 Å². The van der Waals surface area contributed by atoms with Gasteiger partial charge in [0.15, 0.2) is 0 Å². The molecule has 1 aromatic heterocycles. The summed E-state index contributed by atoms with van der Waals surface area (Å²) in [7, 11) is 0. The van der Waals surface area contributed by atoms with Crippen molar-refractivity contribution in [1.82, 2.24) is 5.32 Å². The standard InChI is InChI=1S/C14H14F2N2O3/c1-14(20,12-3-2-6-21-12)8-17-13(19)18-11-5-4-9(15)7-10(11)16/h2-7,20H,8H2,1H3,(H2,17,18,19). The number of halogens is 2. The summed E-state index contributed by atoms with van der Waals surface area (Å²) in [5.41, 5.74) is -1.56. The smallest absolute Gasteiger partial charge is 0.319 e. The van der Waals surface area contributed by atoms with Crippen LogP contribution in [-0.4, -0.2) is 17.7 Å². The number of hydrogen-bond donors (Lipinski definition) is 3. The number of carbonyl (C=O) groups is 1. The van der Waals surface area contributed by atoms with Gasteiger partial charge in [0.1, 0.15) is 23.0 Å². The third-order valence-electron chi connectivity index (χ3n) is 2.82. The number of benzene rings is 1. The van der Waals surface area contributed by atoms with E-state index in [1.54, 1.807) is 12.1 Å². The monoisotopic (exact) mass is 296 g/mol. The van der Waals surface area contributed by atoms with Crippen molar-refractivity contribution in [3.63, 3.8) is 0 Å². The highest BCUT2D eigenvalue weighted by Crippen LogP contribution is 2.20. The second-order valence-corrected chi connectivity index (χ2v) is 4.68. The molecule has 1 heterocycles. The van der Waals surface area contributed by atoms with E-state index in [-0.39, 0.29) is 18.0 Å². The Balaban J connectivity index is 1.93. The molecule has 0 aliphatic heterocycles. The van der Waals surface area contributed by atoms with E-state index in [2.05, 4.69) is 10.6 Å². The molecule has 21 heavy (non-hydrogen) atoms. The first-order valence-electron chi connectivity index (χ1n) is 6.15. The van der Waals surface area contributed by atoms with E-state index in [0.717, 1.165) is 12.1 Å². The Morgan fingerprint density at radius 2 is 2.14 bits per heavy atom. The fourth-order valence-electron chi connectivity index (χ4n) is 1.68. The fourth-order valence-corrected chi connectivity index (χ4v) is 1.68. The van der Waals surface area contributed by atoms with E-state index >= 15 is 0 Å². The van der Waals surface area contributed by atoms with Gasteiger partial charge in [-0.3, -0.25) is 0 Å². The van der Waals surface area contributed by atoms with Gasteiger partial charge in [0.05, 0.1) is 18.5 Å². The molecule has 0 saturated carbocycles. The Hall–Kier alpha value is -2.41. The molecule has 0 saturated heterocycles. The summed E-state index contributed by atoms with van der Waals surface area (Å²) in [6.45, 7) is 1.32. The van der Waals surface area contributed by atoms with Gasteiger partial charge in [-0.05, 0) is 31.2 Å². The number of aliphatic hydroxyl groups is 1. The molecule has 2 aromatic rings. The molecule has 2 amide bonds. The van der Waals surface area contributed by atoms with Gasteiger partial charge in [-0.15, -0.1) is 0 Å². The number of carbonyl (C=O) groups excluding carboxylic acids is 1. The van der Waals surface area contributed by atoms with Gasteiger partial charge in [-0.2, -0.15) is 0 Å². The van der Waals surface area contributed by atoms with Crippen molar-refractivity contribution in [3.8, 4) is 0 Å². The molecule has 0 bridgehead atoms. The first kappa shape index (κ1) is 15.0. The lowest BCUT2D eigenvalue weighted by Gasteiger charge is -2.21. The van der Waals surface area contributed by atoms with Crippen molar-refractivity contribution in [3.05, 3.63) is 54.0 Å². The predicted octanol–water partition coefficient (Wildman–Crippen LogP) is 2.59. The minimum absolute atomic E-state index is 0.144.